The molecule has 0 radical (unpaired) electrons. The molecule has 6 aliphatic carbocycles. The summed E-state index contributed by atoms with van der Waals surface area (Å²) in [4.78, 5) is 103. The Morgan fingerprint density at radius 3 is 1.33 bits per heavy atom. The topological polar surface area (TPSA) is 314 Å². The number of likely N-dealkylation sites (tertiary alicyclic amines) is 3. The van der Waals surface area contributed by atoms with Crippen molar-refractivity contribution < 1.29 is 38.5 Å². The van der Waals surface area contributed by atoms with Gasteiger partial charge in [-0.1, -0.05) is 6.07 Å². The number of fused-ring (bicyclic) bond motifs is 9. The molecule has 538 valence electrons. The zero-order chi connectivity index (χ0) is 71.9. The lowest BCUT2D eigenvalue weighted by atomic mass is 10.1. The van der Waals surface area contributed by atoms with E-state index in [9.17, 15) is 33.9 Å². The molecule has 3 amide bonds. The average Bonchev–Trinajstić information content (AvgIpc) is 1.62. The average molecular weight is 1460 g/mol. The summed E-state index contributed by atoms with van der Waals surface area (Å²) >= 11 is 3.38. The Kier molecular flexibility index (Phi) is 17.5. The molecule has 18 rings (SSSR count). The standard InChI is InChI=1S/C26H29N5O4.C26H31N5O3.C25H28BrN5O3/c1-30-23-19(29-24(30)16-4-3-7-28-18(16)9-14-8-17(14)26(33)34)10-15(11-21(23)35-2)25(32)31-12-13-5-6-20(31)22(13)27;1-14-4-8-20(30(25(14)32)12-15-5-6-15)24-28-18-10-17(11-21(34-3)23(18)29(24)2)26(33)31-13-16-7-9-19(31)22(16)27;1-29-22-17(28-23(29)19-8-6-16(26)25(33)30(19)11-13-3-4-13)9-15(10-20(22)34-2)24(32)31-12-14-5-7-18(31)21(14)27/h3-4,7,10-11,13-14,17,20,22H,5-6,8-9,12,27H2,1-2H3,(H,33,34);4,8,10-11,15-16,19,22H,5-7,9,12-13,27H2,1-3H3;6,8-10,13-14,18,21H,3-5,7,11-12,27H2,1-2H3/t13-,14?,17?,20-,22-;16-,19-,22-;14-,18-,21-/m111/s1. The van der Waals surface area contributed by atoms with Crippen LogP contribution in [-0.4, -0.2) is 163 Å². The van der Waals surface area contributed by atoms with Crippen molar-refractivity contribution in [3.05, 3.63) is 132 Å². The number of aromatic nitrogens is 9. The number of nitrogens with two attached hydrogens (primary N) is 3. The number of carboxylic acids is 1. The second-order valence-corrected chi connectivity index (χ2v) is 31.1. The fraction of sp³-hybridized carbons (Fsp3) is 0.481. The van der Waals surface area contributed by atoms with Crippen LogP contribution in [-0.2, 0) is 45.4 Å². The molecule has 6 aromatic heterocycles. The van der Waals surface area contributed by atoms with Gasteiger partial charge in [0.1, 0.15) is 39.6 Å². The molecule has 9 aromatic rings. The number of aryl methyl sites for hydroxylation is 4. The Balaban J connectivity index is 0.000000119. The van der Waals surface area contributed by atoms with Gasteiger partial charge in [0.25, 0.3) is 28.8 Å². The summed E-state index contributed by atoms with van der Waals surface area (Å²) in [6.07, 6.45) is 13.8. The van der Waals surface area contributed by atoms with Gasteiger partial charge in [-0.3, -0.25) is 33.8 Å². The maximum absolute atomic E-state index is 13.5. The first-order valence-electron chi connectivity index (χ1n) is 36.2. The lowest BCUT2D eigenvalue weighted by Gasteiger charge is -2.27. The number of ether oxygens (including phenoxy) is 3. The Morgan fingerprint density at radius 1 is 0.544 bits per heavy atom. The van der Waals surface area contributed by atoms with Crippen LogP contribution in [0.4, 0.5) is 0 Å². The second-order valence-electron chi connectivity index (χ2n) is 30.3. The molecule has 26 heteroatoms. The van der Waals surface area contributed by atoms with Crippen LogP contribution in [0, 0.1) is 48.3 Å². The first-order chi connectivity index (χ1) is 49.6. The molecule has 25 nitrogen and oxygen atoms in total. The summed E-state index contributed by atoms with van der Waals surface area (Å²) < 4.78 is 27.2. The highest BCUT2D eigenvalue weighted by Gasteiger charge is 2.50. The molecule has 11 atom stereocenters. The summed E-state index contributed by atoms with van der Waals surface area (Å²) in [5.41, 5.74) is 29.0. The summed E-state index contributed by atoms with van der Waals surface area (Å²) in [5, 5.41) is 9.29. The number of imidazole rings is 3. The number of halogens is 1. The summed E-state index contributed by atoms with van der Waals surface area (Å²) in [7, 11) is 10.6. The summed E-state index contributed by atoms with van der Waals surface area (Å²) in [6, 6.07) is 22.8. The van der Waals surface area contributed by atoms with Crippen LogP contribution in [0.15, 0.2) is 93.1 Å². The van der Waals surface area contributed by atoms with E-state index in [0.717, 1.165) is 116 Å². The van der Waals surface area contributed by atoms with E-state index < -0.39 is 5.97 Å². The number of carboxylic acid groups (broad SMARTS) is 1. The van der Waals surface area contributed by atoms with E-state index in [1.54, 1.807) is 51.8 Å². The third kappa shape index (κ3) is 12.0. The summed E-state index contributed by atoms with van der Waals surface area (Å²) in [6.45, 7) is 5.37. The van der Waals surface area contributed by atoms with Gasteiger partial charge in [0.05, 0.1) is 65.4 Å². The van der Waals surface area contributed by atoms with Gasteiger partial charge >= 0.3 is 5.97 Å². The fourth-order valence-electron chi connectivity index (χ4n) is 17.7. The van der Waals surface area contributed by atoms with E-state index in [-0.39, 0.29) is 76.9 Å². The van der Waals surface area contributed by atoms with Crippen molar-refractivity contribution in [2.24, 2.45) is 79.8 Å². The molecule has 6 saturated carbocycles. The number of benzene rings is 3. The van der Waals surface area contributed by atoms with Crippen LogP contribution in [0.1, 0.15) is 113 Å². The monoisotopic (exact) mass is 1460 g/mol. The number of hydrogen-bond acceptors (Lipinski definition) is 16. The van der Waals surface area contributed by atoms with Crippen molar-refractivity contribution in [3.8, 4) is 51.7 Å². The van der Waals surface area contributed by atoms with E-state index in [0.29, 0.717) is 141 Å². The number of carbonyl (C=O) groups excluding carboxylic acids is 3. The van der Waals surface area contributed by atoms with E-state index in [2.05, 4.69) is 20.9 Å². The molecular weight excluding hydrogens is 1370 g/mol. The predicted molar refractivity (Wildman–Crippen MR) is 392 cm³/mol. The van der Waals surface area contributed by atoms with Crippen LogP contribution in [0.25, 0.3) is 67.5 Å². The first-order valence-corrected chi connectivity index (χ1v) is 37.0. The number of methoxy groups -OCH3 is 3. The molecule has 3 aromatic carbocycles. The molecule has 9 aliphatic rings. The van der Waals surface area contributed by atoms with E-state index in [1.807, 2.05) is 114 Å². The van der Waals surface area contributed by atoms with E-state index >= 15 is 0 Å². The van der Waals surface area contributed by atoms with Gasteiger partial charge in [0.15, 0.2) is 11.6 Å². The van der Waals surface area contributed by atoms with E-state index in [4.69, 9.17) is 46.4 Å². The van der Waals surface area contributed by atoms with Gasteiger partial charge in [-0.25, -0.2) is 15.0 Å². The van der Waals surface area contributed by atoms with Gasteiger partial charge in [-0.2, -0.15) is 0 Å². The van der Waals surface area contributed by atoms with Crippen LogP contribution in [0.2, 0.25) is 0 Å². The lowest BCUT2D eigenvalue weighted by molar-refractivity contribution is -0.138. The normalized spacial score (nSPS) is 24.8. The highest BCUT2D eigenvalue weighted by Crippen LogP contribution is 2.46. The van der Waals surface area contributed by atoms with Gasteiger partial charge in [-0.05, 0) is 202 Å². The number of rotatable bonds is 16. The zero-order valence-electron chi connectivity index (χ0n) is 59.1. The predicted octanol–water partition coefficient (Wildman–Crippen LogP) is 8.30. The van der Waals surface area contributed by atoms with Crippen LogP contribution < -0.4 is 42.5 Å². The lowest BCUT2D eigenvalue weighted by Crippen LogP contribution is -2.41. The number of piperidine rings is 3. The number of aliphatic carboxylic acids is 1. The minimum atomic E-state index is -0.746. The number of hydrogen-bond donors (Lipinski definition) is 4. The van der Waals surface area contributed by atoms with Crippen LogP contribution in [0.3, 0.4) is 0 Å². The third-order valence-electron chi connectivity index (χ3n) is 24.0. The Morgan fingerprint density at radius 2 is 0.951 bits per heavy atom. The number of nitrogens with zero attached hydrogens (tertiary/aromatic N) is 12. The van der Waals surface area contributed by atoms with Gasteiger partial charge in [0.2, 0.25) is 0 Å². The molecule has 7 N–H and O–H groups in total. The minimum Gasteiger partial charge on any atom is -0.494 e. The highest BCUT2D eigenvalue weighted by atomic mass is 79.9. The van der Waals surface area contributed by atoms with Crippen molar-refractivity contribution in [1.82, 2.24) is 57.5 Å². The zero-order valence-corrected chi connectivity index (χ0v) is 60.7. The van der Waals surface area contributed by atoms with Crippen LogP contribution in [0.5, 0.6) is 17.2 Å². The maximum atomic E-state index is 13.5. The molecule has 6 bridgehead atoms. The second kappa shape index (κ2) is 26.5. The fourth-order valence-corrected chi connectivity index (χ4v) is 18.1. The Hall–Kier alpha value is -9.24. The molecule has 0 spiro atoms. The SMILES string of the molecule is COc1cc(C(=O)N2C[C@H]3CC[C@@H]2[C@@H]3N)cc2nc(-c3ccc(Br)c(=O)n3CC3CC3)n(C)c12.COc1cc(C(=O)N2C[C@H]3CC[C@@H]2[C@@H]3N)cc2nc(-c3ccc(C)c(=O)n3CC3CC3)n(C)c12.COc1cc(C(=O)N2C[C@H]3CC[C@@H]2[C@@H]3N)cc2nc(-c3cccnc3CC3CC3C(=O)O)n(C)c12. The Labute approximate surface area is 603 Å². The largest absolute Gasteiger partial charge is 0.494 e. The Bertz CT molecular complexity index is 4880. The molecular formula is C77H88BrN15O10. The van der Waals surface area contributed by atoms with Crippen molar-refractivity contribution in [2.75, 3.05) is 41.0 Å². The summed E-state index contributed by atoms with van der Waals surface area (Å²) in [5.74, 6) is 5.06. The van der Waals surface area contributed by atoms with Crippen LogP contribution >= 0.6 is 15.9 Å². The van der Waals surface area contributed by atoms with Gasteiger partial charge in [-0.15, -0.1) is 0 Å². The molecule has 103 heavy (non-hydrogen) atoms. The first kappa shape index (κ1) is 68.2. The van der Waals surface area contributed by atoms with Crippen molar-refractivity contribution in [1.29, 1.82) is 0 Å². The van der Waals surface area contributed by atoms with Gasteiger partial charge in [0, 0.05) is 124 Å². The smallest absolute Gasteiger partial charge is 0.306 e. The molecule has 9 fully saturated rings. The molecule has 9 heterocycles. The highest BCUT2D eigenvalue weighted by molar-refractivity contribution is 9.10. The number of pyridine rings is 3. The van der Waals surface area contributed by atoms with E-state index in [1.165, 1.54) is 0 Å². The van der Waals surface area contributed by atoms with Crippen molar-refractivity contribution in [2.45, 2.75) is 133 Å². The minimum absolute atomic E-state index is 0.0176. The maximum Gasteiger partial charge on any atom is 0.306 e. The molecule has 3 aliphatic heterocycles. The number of carbonyl (C=O) groups is 4. The molecule has 3 saturated heterocycles. The number of amides is 3. The van der Waals surface area contributed by atoms with Gasteiger partial charge < -0.3 is 74.1 Å². The quantitative estimate of drug-likeness (QED) is 0.0706. The van der Waals surface area contributed by atoms with Crippen molar-refractivity contribution >= 4 is 72.7 Å². The third-order valence-corrected chi connectivity index (χ3v) is 24.6. The van der Waals surface area contributed by atoms with Crippen molar-refractivity contribution in [3.63, 3.8) is 0 Å². The molecule has 2 unspecified atom stereocenters.